The summed E-state index contributed by atoms with van der Waals surface area (Å²) in [6.07, 6.45) is 1.21. The van der Waals surface area contributed by atoms with Crippen molar-refractivity contribution in [3.05, 3.63) is 29.3 Å². The van der Waals surface area contributed by atoms with Crippen LogP contribution in [-0.4, -0.2) is 18.1 Å². The van der Waals surface area contributed by atoms with Crippen LogP contribution in [0.2, 0.25) is 0 Å². The van der Waals surface area contributed by atoms with Crippen LogP contribution >= 0.6 is 0 Å². The van der Waals surface area contributed by atoms with Gasteiger partial charge in [0.25, 0.3) is 0 Å². The minimum atomic E-state index is -0.365. The highest BCUT2D eigenvalue weighted by molar-refractivity contribution is 6.00. The SMILES string of the molecule is CC1CC1C(O)c1ccc2c(c1)CC(=O)N2C. The average molecular weight is 231 g/mol. The van der Waals surface area contributed by atoms with Crippen LogP contribution in [0.4, 0.5) is 5.69 Å². The Bertz CT molecular complexity index is 483. The van der Waals surface area contributed by atoms with E-state index in [-0.39, 0.29) is 12.0 Å². The van der Waals surface area contributed by atoms with E-state index in [1.165, 1.54) is 0 Å². The molecule has 3 unspecified atom stereocenters. The molecule has 2 aliphatic rings. The summed E-state index contributed by atoms with van der Waals surface area (Å²) in [6, 6.07) is 5.89. The molecule has 3 heteroatoms. The van der Waals surface area contributed by atoms with E-state index in [0.29, 0.717) is 18.3 Å². The molecule has 1 N–H and O–H groups in total. The van der Waals surface area contributed by atoms with E-state index in [1.807, 2.05) is 18.2 Å². The Kier molecular flexibility index (Phi) is 2.26. The molecule has 1 aliphatic carbocycles. The van der Waals surface area contributed by atoms with E-state index in [1.54, 1.807) is 11.9 Å². The monoisotopic (exact) mass is 231 g/mol. The zero-order valence-corrected chi connectivity index (χ0v) is 10.2. The average Bonchev–Trinajstić information content (AvgIpc) is 2.97. The summed E-state index contributed by atoms with van der Waals surface area (Å²) in [5.41, 5.74) is 2.98. The highest BCUT2D eigenvalue weighted by atomic mass is 16.3. The van der Waals surface area contributed by atoms with Crippen LogP contribution in [0.25, 0.3) is 0 Å². The lowest BCUT2D eigenvalue weighted by Gasteiger charge is -2.13. The maximum atomic E-state index is 11.6. The predicted molar refractivity (Wildman–Crippen MR) is 65.8 cm³/mol. The maximum Gasteiger partial charge on any atom is 0.231 e. The summed E-state index contributed by atoms with van der Waals surface area (Å²) in [4.78, 5) is 13.3. The molecule has 1 saturated carbocycles. The standard InChI is InChI=1S/C14H17NO2/c1-8-5-11(8)14(17)9-3-4-12-10(6-9)7-13(16)15(12)2/h3-4,6,8,11,14,17H,5,7H2,1-2H3. The Labute approximate surface area is 101 Å². The second kappa shape index (κ2) is 3.57. The second-order valence-electron chi connectivity index (χ2n) is 5.34. The molecule has 0 bridgehead atoms. The van der Waals surface area contributed by atoms with Gasteiger partial charge in [0.1, 0.15) is 0 Å². The fraction of sp³-hybridized carbons (Fsp3) is 0.500. The largest absolute Gasteiger partial charge is 0.388 e. The van der Waals surface area contributed by atoms with E-state index in [4.69, 9.17) is 0 Å². The van der Waals surface area contributed by atoms with Gasteiger partial charge in [0, 0.05) is 12.7 Å². The van der Waals surface area contributed by atoms with Crippen LogP contribution < -0.4 is 4.90 Å². The predicted octanol–water partition coefficient (Wildman–Crippen LogP) is 1.89. The molecule has 90 valence electrons. The van der Waals surface area contributed by atoms with Gasteiger partial charge < -0.3 is 10.0 Å². The first kappa shape index (κ1) is 10.8. The number of likely N-dealkylation sites (N-methyl/N-ethyl adjacent to an activating group) is 1. The third-order valence-electron chi connectivity index (χ3n) is 4.10. The van der Waals surface area contributed by atoms with Gasteiger partial charge in [-0.2, -0.15) is 0 Å². The van der Waals surface area contributed by atoms with E-state index < -0.39 is 0 Å². The van der Waals surface area contributed by atoms with Crippen molar-refractivity contribution in [1.82, 2.24) is 0 Å². The Morgan fingerprint density at radius 3 is 2.82 bits per heavy atom. The third kappa shape index (κ3) is 1.65. The van der Waals surface area contributed by atoms with Crippen molar-refractivity contribution in [3.63, 3.8) is 0 Å². The van der Waals surface area contributed by atoms with Crippen molar-refractivity contribution in [2.24, 2.45) is 11.8 Å². The summed E-state index contributed by atoms with van der Waals surface area (Å²) in [6.45, 7) is 2.17. The molecule has 17 heavy (non-hydrogen) atoms. The smallest absolute Gasteiger partial charge is 0.231 e. The minimum absolute atomic E-state index is 0.131. The van der Waals surface area contributed by atoms with Gasteiger partial charge in [0.2, 0.25) is 5.91 Å². The summed E-state index contributed by atoms with van der Waals surface area (Å²) in [5, 5.41) is 10.2. The fourth-order valence-corrected chi connectivity index (χ4v) is 2.71. The van der Waals surface area contributed by atoms with Gasteiger partial charge in [-0.05, 0) is 35.4 Å². The summed E-state index contributed by atoms with van der Waals surface area (Å²) >= 11 is 0. The molecule has 1 heterocycles. The highest BCUT2D eigenvalue weighted by Crippen LogP contribution is 2.47. The van der Waals surface area contributed by atoms with E-state index in [9.17, 15) is 9.90 Å². The highest BCUT2D eigenvalue weighted by Gasteiger charge is 2.39. The molecule has 0 saturated heterocycles. The van der Waals surface area contributed by atoms with Crippen molar-refractivity contribution < 1.29 is 9.90 Å². The number of hydrogen-bond donors (Lipinski definition) is 1. The lowest BCUT2D eigenvalue weighted by molar-refractivity contribution is -0.117. The van der Waals surface area contributed by atoms with Crippen molar-refractivity contribution in [3.8, 4) is 0 Å². The Morgan fingerprint density at radius 1 is 1.47 bits per heavy atom. The van der Waals surface area contributed by atoms with E-state index >= 15 is 0 Å². The first-order valence-corrected chi connectivity index (χ1v) is 6.15. The summed E-state index contributed by atoms with van der Waals surface area (Å²) < 4.78 is 0. The summed E-state index contributed by atoms with van der Waals surface area (Å²) in [7, 11) is 1.80. The van der Waals surface area contributed by atoms with Crippen LogP contribution in [-0.2, 0) is 11.2 Å². The molecule has 1 aromatic carbocycles. The van der Waals surface area contributed by atoms with Crippen molar-refractivity contribution in [2.75, 3.05) is 11.9 Å². The van der Waals surface area contributed by atoms with Gasteiger partial charge in [0.05, 0.1) is 12.5 Å². The number of nitrogens with zero attached hydrogens (tertiary/aromatic N) is 1. The Morgan fingerprint density at radius 2 is 2.18 bits per heavy atom. The normalized spacial score (nSPS) is 28.2. The molecule has 0 radical (unpaired) electrons. The number of rotatable bonds is 2. The fourth-order valence-electron chi connectivity index (χ4n) is 2.71. The number of benzene rings is 1. The van der Waals surface area contributed by atoms with E-state index in [2.05, 4.69) is 6.92 Å². The topological polar surface area (TPSA) is 40.5 Å². The third-order valence-corrected chi connectivity index (χ3v) is 4.10. The lowest BCUT2D eigenvalue weighted by Crippen LogP contribution is -2.20. The Balaban J connectivity index is 1.90. The molecular formula is C14H17NO2. The van der Waals surface area contributed by atoms with Crippen LogP contribution in [0.15, 0.2) is 18.2 Å². The first-order valence-electron chi connectivity index (χ1n) is 6.15. The number of fused-ring (bicyclic) bond motifs is 1. The van der Waals surface area contributed by atoms with Gasteiger partial charge >= 0.3 is 0 Å². The quantitative estimate of drug-likeness (QED) is 0.844. The molecular weight excluding hydrogens is 214 g/mol. The van der Waals surface area contributed by atoms with Crippen molar-refractivity contribution in [2.45, 2.75) is 25.9 Å². The summed E-state index contributed by atoms with van der Waals surface area (Å²) in [5.74, 6) is 1.16. The van der Waals surface area contributed by atoms with Crippen molar-refractivity contribution >= 4 is 11.6 Å². The van der Waals surface area contributed by atoms with Gasteiger partial charge in [-0.1, -0.05) is 19.1 Å². The zero-order valence-electron chi connectivity index (χ0n) is 10.2. The van der Waals surface area contributed by atoms with Crippen LogP contribution in [0.3, 0.4) is 0 Å². The van der Waals surface area contributed by atoms with Gasteiger partial charge in [0.15, 0.2) is 0 Å². The molecule has 0 spiro atoms. The number of carbonyl (C=O) groups is 1. The first-order chi connectivity index (χ1) is 8.08. The van der Waals surface area contributed by atoms with Gasteiger partial charge in [-0.15, -0.1) is 0 Å². The molecule has 3 nitrogen and oxygen atoms in total. The minimum Gasteiger partial charge on any atom is -0.388 e. The molecule has 3 rings (SSSR count). The van der Waals surface area contributed by atoms with Gasteiger partial charge in [-0.25, -0.2) is 0 Å². The van der Waals surface area contributed by atoms with Crippen LogP contribution in [0, 0.1) is 11.8 Å². The van der Waals surface area contributed by atoms with Gasteiger partial charge in [-0.3, -0.25) is 4.79 Å². The molecule has 1 amide bonds. The molecule has 3 atom stereocenters. The molecule has 0 aromatic heterocycles. The number of aliphatic hydroxyl groups is 1. The second-order valence-corrected chi connectivity index (χ2v) is 5.34. The van der Waals surface area contributed by atoms with Crippen LogP contribution in [0.1, 0.15) is 30.6 Å². The lowest BCUT2D eigenvalue weighted by atomic mass is 10.0. The van der Waals surface area contributed by atoms with E-state index in [0.717, 1.165) is 23.2 Å². The zero-order chi connectivity index (χ0) is 12.2. The Hall–Kier alpha value is -1.35. The number of carbonyl (C=O) groups excluding carboxylic acids is 1. The molecule has 1 aliphatic heterocycles. The number of anilines is 1. The van der Waals surface area contributed by atoms with Crippen LogP contribution in [0.5, 0.6) is 0 Å². The number of amides is 1. The van der Waals surface area contributed by atoms with Crippen molar-refractivity contribution in [1.29, 1.82) is 0 Å². The molecule has 1 aromatic rings. The maximum absolute atomic E-state index is 11.6. The number of hydrogen-bond acceptors (Lipinski definition) is 2. The molecule has 1 fully saturated rings. The number of aliphatic hydroxyl groups excluding tert-OH is 1.